The van der Waals surface area contributed by atoms with Crippen LogP contribution in [0.2, 0.25) is 0 Å². The van der Waals surface area contributed by atoms with Crippen LogP contribution >= 0.6 is 0 Å². The highest BCUT2D eigenvalue weighted by molar-refractivity contribution is 5.75. The van der Waals surface area contributed by atoms with E-state index in [1.165, 1.54) is 0 Å². The summed E-state index contributed by atoms with van der Waals surface area (Å²) in [6, 6.07) is 0. The number of carbonyl (C=O) groups is 1. The number of hydrogen-bond acceptors (Lipinski definition) is 3. The Bertz CT molecular complexity index is 206. The molecule has 2 atom stereocenters. The Morgan fingerprint density at radius 3 is 2.71 bits per heavy atom. The zero-order chi connectivity index (χ0) is 10.6. The lowest BCUT2D eigenvalue weighted by molar-refractivity contribution is -0.154. The van der Waals surface area contributed by atoms with Gasteiger partial charge in [-0.15, -0.1) is 0 Å². The minimum absolute atomic E-state index is 0.0451. The molecule has 4 N–H and O–H groups in total. The van der Waals surface area contributed by atoms with Gasteiger partial charge in [0.25, 0.3) is 0 Å². The fraction of sp³-hybridized carbons (Fsp3) is 0.900. The fourth-order valence-corrected chi connectivity index (χ4v) is 2.53. The van der Waals surface area contributed by atoms with Crippen molar-refractivity contribution in [3.8, 4) is 0 Å². The van der Waals surface area contributed by atoms with Crippen molar-refractivity contribution >= 4 is 5.97 Å². The second-order valence-electron chi connectivity index (χ2n) is 4.12. The van der Waals surface area contributed by atoms with Gasteiger partial charge in [0.2, 0.25) is 0 Å². The predicted molar refractivity (Wildman–Crippen MR) is 52.8 cm³/mol. The fourth-order valence-electron chi connectivity index (χ4n) is 2.53. The normalized spacial score (nSPS) is 32.9. The van der Waals surface area contributed by atoms with Crippen LogP contribution in [0, 0.1) is 11.3 Å². The molecule has 0 aliphatic heterocycles. The second kappa shape index (κ2) is 4.75. The molecule has 0 aromatic rings. The molecule has 0 radical (unpaired) electrons. The van der Waals surface area contributed by atoms with Crippen LogP contribution in [-0.4, -0.2) is 29.3 Å². The molecule has 1 rings (SSSR count). The molecule has 0 aromatic carbocycles. The van der Waals surface area contributed by atoms with E-state index in [0.29, 0.717) is 12.8 Å². The van der Waals surface area contributed by atoms with E-state index < -0.39 is 11.4 Å². The zero-order valence-corrected chi connectivity index (χ0v) is 8.41. The van der Waals surface area contributed by atoms with E-state index in [2.05, 4.69) is 0 Å². The lowest BCUT2D eigenvalue weighted by atomic mass is 9.65. The van der Waals surface area contributed by atoms with E-state index in [1.54, 1.807) is 0 Å². The maximum absolute atomic E-state index is 11.2. The molecule has 1 saturated carbocycles. The van der Waals surface area contributed by atoms with Gasteiger partial charge in [-0.25, -0.2) is 0 Å². The van der Waals surface area contributed by atoms with Crippen molar-refractivity contribution in [1.82, 2.24) is 0 Å². The van der Waals surface area contributed by atoms with Gasteiger partial charge in [-0.3, -0.25) is 4.79 Å². The highest BCUT2D eigenvalue weighted by Crippen LogP contribution is 2.42. The van der Waals surface area contributed by atoms with Gasteiger partial charge in [0.1, 0.15) is 0 Å². The average Bonchev–Trinajstić information content (AvgIpc) is 2.19. The summed E-state index contributed by atoms with van der Waals surface area (Å²) in [5, 5.41) is 18.1. The standard InChI is InChI=1S/C10H19NO3/c11-7-10(9(13)14)5-2-1-3-8(10)4-6-12/h8,12H,1-7,11H2,(H,13,14)/t8-,10-/m0/s1. The summed E-state index contributed by atoms with van der Waals surface area (Å²) in [6.07, 6.45) is 4.09. The largest absolute Gasteiger partial charge is 0.481 e. The Hall–Kier alpha value is -0.610. The number of hydrogen-bond donors (Lipinski definition) is 3. The van der Waals surface area contributed by atoms with Crippen LogP contribution in [0.25, 0.3) is 0 Å². The first-order valence-electron chi connectivity index (χ1n) is 5.21. The van der Waals surface area contributed by atoms with Gasteiger partial charge in [0.05, 0.1) is 5.41 Å². The van der Waals surface area contributed by atoms with Crippen molar-refractivity contribution in [2.75, 3.05) is 13.2 Å². The topological polar surface area (TPSA) is 83.6 Å². The van der Waals surface area contributed by atoms with Crippen molar-refractivity contribution in [3.63, 3.8) is 0 Å². The monoisotopic (exact) mass is 201 g/mol. The number of rotatable bonds is 4. The SMILES string of the molecule is NC[C@@]1(C(=O)O)CCCC[C@H]1CCO. The molecular formula is C10H19NO3. The molecule has 1 fully saturated rings. The summed E-state index contributed by atoms with van der Waals surface area (Å²) in [7, 11) is 0. The zero-order valence-electron chi connectivity index (χ0n) is 8.41. The van der Waals surface area contributed by atoms with Crippen molar-refractivity contribution < 1.29 is 15.0 Å². The van der Waals surface area contributed by atoms with Crippen LogP contribution in [0.5, 0.6) is 0 Å². The van der Waals surface area contributed by atoms with Crippen molar-refractivity contribution in [2.45, 2.75) is 32.1 Å². The van der Waals surface area contributed by atoms with E-state index in [4.69, 9.17) is 10.8 Å². The number of carboxylic acid groups (broad SMARTS) is 1. The lowest BCUT2D eigenvalue weighted by Gasteiger charge is -2.39. The molecule has 4 nitrogen and oxygen atoms in total. The number of aliphatic carboxylic acids is 1. The van der Waals surface area contributed by atoms with E-state index >= 15 is 0 Å². The molecule has 0 bridgehead atoms. The Morgan fingerprint density at radius 2 is 2.21 bits per heavy atom. The number of aliphatic hydroxyl groups is 1. The highest BCUT2D eigenvalue weighted by Gasteiger charge is 2.45. The Morgan fingerprint density at radius 1 is 1.50 bits per heavy atom. The molecule has 0 aromatic heterocycles. The molecule has 1 aliphatic rings. The Labute approximate surface area is 84.1 Å². The minimum Gasteiger partial charge on any atom is -0.481 e. The molecule has 0 amide bonds. The van der Waals surface area contributed by atoms with E-state index in [-0.39, 0.29) is 19.1 Å². The number of aliphatic hydroxyl groups excluding tert-OH is 1. The molecule has 82 valence electrons. The molecular weight excluding hydrogens is 182 g/mol. The van der Waals surface area contributed by atoms with Gasteiger partial charge < -0.3 is 15.9 Å². The van der Waals surface area contributed by atoms with Crippen LogP contribution in [0.1, 0.15) is 32.1 Å². The molecule has 0 heterocycles. The molecule has 0 saturated heterocycles. The maximum Gasteiger partial charge on any atom is 0.311 e. The summed E-state index contributed by atoms with van der Waals surface area (Å²) in [4.78, 5) is 11.2. The van der Waals surface area contributed by atoms with Gasteiger partial charge in [0, 0.05) is 13.2 Å². The third-order valence-electron chi connectivity index (χ3n) is 3.47. The first kappa shape index (κ1) is 11.5. The predicted octanol–water partition coefficient (Wildman–Crippen LogP) is 0.589. The van der Waals surface area contributed by atoms with Crippen LogP contribution in [0.15, 0.2) is 0 Å². The Balaban J connectivity index is 2.81. The molecule has 14 heavy (non-hydrogen) atoms. The van der Waals surface area contributed by atoms with Crippen molar-refractivity contribution in [1.29, 1.82) is 0 Å². The van der Waals surface area contributed by atoms with Crippen LogP contribution in [-0.2, 0) is 4.79 Å². The first-order valence-corrected chi connectivity index (χ1v) is 5.21. The summed E-state index contributed by atoms with van der Waals surface area (Å²) < 4.78 is 0. The quantitative estimate of drug-likeness (QED) is 0.621. The highest BCUT2D eigenvalue weighted by atomic mass is 16.4. The van der Waals surface area contributed by atoms with Gasteiger partial charge in [-0.1, -0.05) is 12.8 Å². The minimum atomic E-state index is -0.793. The molecule has 0 unspecified atom stereocenters. The average molecular weight is 201 g/mol. The van der Waals surface area contributed by atoms with Crippen LogP contribution in [0.3, 0.4) is 0 Å². The number of carboxylic acids is 1. The van der Waals surface area contributed by atoms with Gasteiger partial charge in [-0.05, 0) is 25.2 Å². The summed E-state index contributed by atoms with van der Waals surface area (Å²) in [5.74, 6) is -0.748. The summed E-state index contributed by atoms with van der Waals surface area (Å²) in [6.45, 7) is 0.243. The van der Waals surface area contributed by atoms with E-state index in [9.17, 15) is 9.90 Å². The van der Waals surface area contributed by atoms with E-state index in [1.807, 2.05) is 0 Å². The molecule has 4 heteroatoms. The maximum atomic E-state index is 11.2. The molecule has 1 aliphatic carbocycles. The Kier molecular flexibility index (Phi) is 3.89. The summed E-state index contributed by atoms with van der Waals surface area (Å²) in [5.41, 5.74) is 4.82. The van der Waals surface area contributed by atoms with E-state index in [0.717, 1.165) is 19.3 Å². The van der Waals surface area contributed by atoms with Crippen molar-refractivity contribution in [3.05, 3.63) is 0 Å². The van der Waals surface area contributed by atoms with Gasteiger partial charge in [0.15, 0.2) is 0 Å². The number of nitrogens with two attached hydrogens (primary N) is 1. The van der Waals surface area contributed by atoms with Gasteiger partial charge >= 0.3 is 5.97 Å². The third-order valence-corrected chi connectivity index (χ3v) is 3.47. The van der Waals surface area contributed by atoms with Gasteiger partial charge in [-0.2, -0.15) is 0 Å². The first-order chi connectivity index (χ1) is 6.67. The smallest absolute Gasteiger partial charge is 0.311 e. The summed E-state index contributed by atoms with van der Waals surface area (Å²) >= 11 is 0. The van der Waals surface area contributed by atoms with Crippen LogP contribution < -0.4 is 5.73 Å². The molecule has 0 spiro atoms. The lowest BCUT2D eigenvalue weighted by Crippen LogP contribution is -2.47. The third kappa shape index (κ3) is 1.91. The van der Waals surface area contributed by atoms with Crippen molar-refractivity contribution in [2.24, 2.45) is 17.1 Å². The van der Waals surface area contributed by atoms with Crippen LogP contribution in [0.4, 0.5) is 0 Å². The second-order valence-corrected chi connectivity index (χ2v) is 4.12.